The van der Waals surface area contributed by atoms with E-state index in [9.17, 15) is 0 Å². The van der Waals surface area contributed by atoms with E-state index in [-0.39, 0.29) is 0 Å². The van der Waals surface area contributed by atoms with Gasteiger partial charge in [-0.25, -0.2) is 14.6 Å². The summed E-state index contributed by atoms with van der Waals surface area (Å²) in [5.41, 5.74) is 8.33. The summed E-state index contributed by atoms with van der Waals surface area (Å²) in [6.45, 7) is 0. The summed E-state index contributed by atoms with van der Waals surface area (Å²) < 4.78 is 1.75. The Labute approximate surface area is 104 Å². The predicted molar refractivity (Wildman–Crippen MR) is 69.0 cm³/mol. The van der Waals surface area contributed by atoms with E-state index in [2.05, 4.69) is 15.1 Å². The molecule has 0 radical (unpaired) electrons. The summed E-state index contributed by atoms with van der Waals surface area (Å²) in [6.07, 6.45) is 7.00. The summed E-state index contributed by atoms with van der Waals surface area (Å²) in [5.74, 6) is 0.651. The molecule has 0 bridgehead atoms. The molecule has 0 saturated heterocycles. The van der Waals surface area contributed by atoms with E-state index in [0.717, 1.165) is 11.3 Å². The largest absolute Gasteiger partial charge is 0.399 e. The summed E-state index contributed by atoms with van der Waals surface area (Å²) in [4.78, 5) is 8.43. The molecule has 0 aliphatic rings. The average molecular weight is 237 g/mol. The quantitative estimate of drug-likeness (QED) is 0.691. The summed E-state index contributed by atoms with van der Waals surface area (Å²) in [5, 5.41) is 4.18. The molecule has 18 heavy (non-hydrogen) atoms. The molecular weight excluding hydrogens is 226 g/mol. The van der Waals surface area contributed by atoms with Crippen molar-refractivity contribution in [2.75, 3.05) is 5.73 Å². The Kier molecular flexibility index (Phi) is 2.49. The molecule has 0 aliphatic carbocycles. The van der Waals surface area contributed by atoms with E-state index in [1.165, 1.54) is 0 Å². The van der Waals surface area contributed by atoms with Gasteiger partial charge >= 0.3 is 0 Å². The average Bonchev–Trinajstić information content (AvgIpc) is 2.93. The Morgan fingerprint density at radius 2 is 1.78 bits per heavy atom. The first-order valence-electron chi connectivity index (χ1n) is 5.51. The first kappa shape index (κ1) is 10.5. The van der Waals surface area contributed by atoms with Crippen LogP contribution in [0.5, 0.6) is 0 Å². The SMILES string of the molecule is Nc1cc(-c2ncccn2)cc(-n2cccn2)c1. The van der Waals surface area contributed by atoms with E-state index in [1.54, 1.807) is 29.3 Å². The highest BCUT2D eigenvalue weighted by molar-refractivity contribution is 5.65. The third-order valence-corrected chi connectivity index (χ3v) is 2.53. The molecule has 5 heteroatoms. The van der Waals surface area contributed by atoms with Crippen LogP contribution < -0.4 is 5.73 Å². The Balaban J connectivity index is 2.12. The van der Waals surface area contributed by atoms with Crippen molar-refractivity contribution >= 4 is 5.69 Å². The lowest BCUT2D eigenvalue weighted by Crippen LogP contribution is -1.98. The molecule has 5 nitrogen and oxygen atoms in total. The maximum Gasteiger partial charge on any atom is 0.159 e. The van der Waals surface area contributed by atoms with Crippen LogP contribution in [0, 0.1) is 0 Å². The van der Waals surface area contributed by atoms with E-state index in [4.69, 9.17) is 5.73 Å². The van der Waals surface area contributed by atoms with Crippen LogP contribution in [0.15, 0.2) is 55.1 Å². The molecule has 0 unspecified atom stereocenters. The molecule has 0 fully saturated rings. The minimum atomic E-state index is 0.651. The van der Waals surface area contributed by atoms with E-state index in [1.807, 2.05) is 30.5 Å². The van der Waals surface area contributed by atoms with Crippen molar-refractivity contribution in [3.05, 3.63) is 55.1 Å². The highest BCUT2D eigenvalue weighted by Gasteiger charge is 2.05. The zero-order valence-corrected chi connectivity index (χ0v) is 9.56. The van der Waals surface area contributed by atoms with Crippen molar-refractivity contribution in [1.29, 1.82) is 0 Å². The lowest BCUT2D eigenvalue weighted by atomic mass is 10.1. The molecule has 3 aromatic rings. The zero-order valence-electron chi connectivity index (χ0n) is 9.56. The number of hydrogen-bond acceptors (Lipinski definition) is 4. The van der Waals surface area contributed by atoms with Gasteiger partial charge in [0.2, 0.25) is 0 Å². The van der Waals surface area contributed by atoms with Gasteiger partial charge in [-0.2, -0.15) is 5.10 Å². The van der Waals surface area contributed by atoms with Crippen molar-refractivity contribution in [3.8, 4) is 17.1 Å². The van der Waals surface area contributed by atoms with Crippen LogP contribution in [0.25, 0.3) is 17.1 Å². The van der Waals surface area contributed by atoms with Crippen LogP contribution in [0.2, 0.25) is 0 Å². The fourth-order valence-electron chi connectivity index (χ4n) is 1.77. The Hall–Kier alpha value is -2.69. The van der Waals surface area contributed by atoms with Crippen molar-refractivity contribution in [1.82, 2.24) is 19.7 Å². The molecule has 3 rings (SSSR count). The van der Waals surface area contributed by atoms with Gasteiger partial charge in [-0.3, -0.25) is 0 Å². The molecule has 1 aromatic carbocycles. The second-order valence-corrected chi connectivity index (χ2v) is 3.84. The Bertz CT molecular complexity index is 646. The third kappa shape index (κ3) is 1.93. The van der Waals surface area contributed by atoms with Gasteiger partial charge < -0.3 is 5.73 Å². The monoisotopic (exact) mass is 237 g/mol. The van der Waals surface area contributed by atoms with Gasteiger partial charge in [-0.05, 0) is 30.3 Å². The van der Waals surface area contributed by atoms with Crippen LogP contribution in [0.1, 0.15) is 0 Å². The molecule has 2 N–H and O–H groups in total. The lowest BCUT2D eigenvalue weighted by molar-refractivity contribution is 0.881. The molecule has 88 valence electrons. The van der Waals surface area contributed by atoms with E-state index in [0.29, 0.717) is 11.5 Å². The van der Waals surface area contributed by atoms with E-state index >= 15 is 0 Å². The molecule has 0 atom stereocenters. The number of anilines is 1. The smallest absolute Gasteiger partial charge is 0.159 e. The number of nitrogens with two attached hydrogens (primary N) is 1. The molecule has 0 aliphatic heterocycles. The molecule has 0 amide bonds. The van der Waals surface area contributed by atoms with Crippen molar-refractivity contribution in [2.45, 2.75) is 0 Å². The van der Waals surface area contributed by atoms with Gasteiger partial charge in [0.05, 0.1) is 5.69 Å². The zero-order chi connectivity index (χ0) is 12.4. The van der Waals surface area contributed by atoms with Gasteiger partial charge in [0, 0.05) is 36.0 Å². The number of aromatic nitrogens is 4. The van der Waals surface area contributed by atoms with Crippen LogP contribution >= 0.6 is 0 Å². The minimum Gasteiger partial charge on any atom is -0.399 e. The number of rotatable bonds is 2. The van der Waals surface area contributed by atoms with Gasteiger partial charge in [0.1, 0.15) is 0 Å². The highest BCUT2D eigenvalue weighted by atomic mass is 15.3. The third-order valence-electron chi connectivity index (χ3n) is 2.53. The second-order valence-electron chi connectivity index (χ2n) is 3.84. The summed E-state index contributed by atoms with van der Waals surface area (Å²) in [7, 11) is 0. The van der Waals surface area contributed by atoms with Crippen LogP contribution in [-0.2, 0) is 0 Å². The fourth-order valence-corrected chi connectivity index (χ4v) is 1.77. The van der Waals surface area contributed by atoms with Crippen molar-refractivity contribution < 1.29 is 0 Å². The molecule has 0 saturated carbocycles. The van der Waals surface area contributed by atoms with Gasteiger partial charge in [-0.1, -0.05) is 0 Å². The Morgan fingerprint density at radius 1 is 0.944 bits per heavy atom. The van der Waals surface area contributed by atoms with Crippen LogP contribution in [-0.4, -0.2) is 19.7 Å². The molecular formula is C13H11N5. The second kappa shape index (κ2) is 4.29. The normalized spacial score (nSPS) is 10.4. The predicted octanol–water partition coefficient (Wildman–Crippen LogP) is 1.91. The highest BCUT2D eigenvalue weighted by Crippen LogP contribution is 2.21. The topological polar surface area (TPSA) is 69.6 Å². The standard InChI is InChI=1S/C13H11N5/c14-11-7-10(13-15-3-1-4-16-13)8-12(9-11)18-6-2-5-17-18/h1-9H,14H2. The number of nitrogen functional groups attached to an aromatic ring is 1. The number of benzene rings is 1. The Morgan fingerprint density at radius 3 is 2.50 bits per heavy atom. The maximum atomic E-state index is 5.91. The molecule has 2 heterocycles. The van der Waals surface area contributed by atoms with Crippen LogP contribution in [0.4, 0.5) is 5.69 Å². The van der Waals surface area contributed by atoms with Gasteiger partial charge in [0.15, 0.2) is 5.82 Å². The molecule has 2 aromatic heterocycles. The van der Waals surface area contributed by atoms with E-state index < -0.39 is 0 Å². The number of hydrogen-bond donors (Lipinski definition) is 1. The van der Waals surface area contributed by atoms with Crippen molar-refractivity contribution in [2.24, 2.45) is 0 Å². The van der Waals surface area contributed by atoms with Gasteiger partial charge in [0.25, 0.3) is 0 Å². The molecule has 0 spiro atoms. The summed E-state index contributed by atoms with van der Waals surface area (Å²) >= 11 is 0. The number of nitrogens with zero attached hydrogens (tertiary/aromatic N) is 4. The fraction of sp³-hybridized carbons (Fsp3) is 0. The van der Waals surface area contributed by atoms with Gasteiger partial charge in [-0.15, -0.1) is 0 Å². The minimum absolute atomic E-state index is 0.651. The maximum absolute atomic E-state index is 5.91. The first-order chi connectivity index (χ1) is 8.83. The van der Waals surface area contributed by atoms with Crippen molar-refractivity contribution in [3.63, 3.8) is 0 Å². The lowest BCUT2D eigenvalue weighted by Gasteiger charge is -2.06. The van der Waals surface area contributed by atoms with Crippen LogP contribution in [0.3, 0.4) is 0 Å². The first-order valence-corrected chi connectivity index (χ1v) is 5.51. The summed E-state index contributed by atoms with van der Waals surface area (Å²) in [6, 6.07) is 9.31.